The first-order valence-electron chi connectivity index (χ1n) is 8.70. The van der Waals surface area contributed by atoms with Gasteiger partial charge in [0.1, 0.15) is 17.9 Å². The van der Waals surface area contributed by atoms with Crippen molar-refractivity contribution in [3.8, 4) is 5.82 Å². The van der Waals surface area contributed by atoms with Gasteiger partial charge in [-0.1, -0.05) is 6.07 Å². The SMILES string of the molecule is O=C(NCc1ccc(-n2ccnc2)nc1)C1CC(=O)N(Cc2ccco2)C1. The highest BCUT2D eigenvalue weighted by Crippen LogP contribution is 2.20. The van der Waals surface area contributed by atoms with Crippen LogP contribution in [0.1, 0.15) is 17.7 Å². The second kappa shape index (κ2) is 7.45. The number of rotatable bonds is 6. The maximum Gasteiger partial charge on any atom is 0.225 e. The molecule has 1 saturated heterocycles. The number of furan rings is 1. The number of nitrogens with zero attached hydrogens (tertiary/aromatic N) is 4. The van der Waals surface area contributed by atoms with Gasteiger partial charge in [-0.05, 0) is 23.8 Å². The Labute approximate surface area is 155 Å². The summed E-state index contributed by atoms with van der Waals surface area (Å²) in [7, 11) is 0. The number of pyridine rings is 1. The van der Waals surface area contributed by atoms with Gasteiger partial charge in [0.2, 0.25) is 11.8 Å². The molecule has 138 valence electrons. The number of aromatic nitrogens is 3. The van der Waals surface area contributed by atoms with Crippen LogP contribution >= 0.6 is 0 Å². The van der Waals surface area contributed by atoms with E-state index in [0.717, 1.165) is 11.4 Å². The zero-order valence-corrected chi connectivity index (χ0v) is 14.6. The summed E-state index contributed by atoms with van der Waals surface area (Å²) in [5.41, 5.74) is 0.893. The van der Waals surface area contributed by atoms with Crippen molar-refractivity contribution in [1.82, 2.24) is 24.8 Å². The molecule has 0 radical (unpaired) electrons. The van der Waals surface area contributed by atoms with E-state index in [-0.39, 0.29) is 24.2 Å². The van der Waals surface area contributed by atoms with Gasteiger partial charge in [-0.15, -0.1) is 0 Å². The largest absolute Gasteiger partial charge is 0.467 e. The number of carbonyl (C=O) groups is 2. The first kappa shape index (κ1) is 17.0. The van der Waals surface area contributed by atoms with Crippen LogP contribution in [-0.4, -0.2) is 37.8 Å². The molecule has 0 aliphatic carbocycles. The van der Waals surface area contributed by atoms with Gasteiger partial charge in [-0.25, -0.2) is 9.97 Å². The van der Waals surface area contributed by atoms with Gasteiger partial charge in [-0.2, -0.15) is 0 Å². The molecule has 2 amide bonds. The van der Waals surface area contributed by atoms with Gasteiger partial charge < -0.3 is 14.6 Å². The highest BCUT2D eigenvalue weighted by Gasteiger charge is 2.34. The van der Waals surface area contributed by atoms with E-state index in [1.54, 1.807) is 40.5 Å². The van der Waals surface area contributed by atoms with Crippen LogP contribution in [0.25, 0.3) is 5.82 Å². The minimum atomic E-state index is -0.342. The number of nitrogens with one attached hydrogen (secondary N) is 1. The molecule has 8 heteroatoms. The van der Waals surface area contributed by atoms with Gasteiger partial charge in [0.05, 0.1) is 18.7 Å². The molecule has 1 unspecified atom stereocenters. The van der Waals surface area contributed by atoms with Crippen LogP contribution in [0.2, 0.25) is 0 Å². The summed E-state index contributed by atoms with van der Waals surface area (Å²) in [5, 5.41) is 2.89. The summed E-state index contributed by atoms with van der Waals surface area (Å²) in [6.45, 7) is 1.18. The molecule has 0 saturated carbocycles. The van der Waals surface area contributed by atoms with E-state index in [0.29, 0.717) is 25.4 Å². The second-order valence-electron chi connectivity index (χ2n) is 6.47. The van der Waals surface area contributed by atoms with E-state index in [2.05, 4.69) is 15.3 Å². The van der Waals surface area contributed by atoms with Gasteiger partial charge in [0.25, 0.3) is 0 Å². The predicted molar refractivity (Wildman–Crippen MR) is 95.4 cm³/mol. The zero-order chi connectivity index (χ0) is 18.6. The third kappa shape index (κ3) is 3.89. The normalized spacial score (nSPS) is 16.7. The van der Waals surface area contributed by atoms with E-state index in [1.165, 1.54) is 0 Å². The van der Waals surface area contributed by atoms with Crippen molar-refractivity contribution >= 4 is 11.8 Å². The molecular formula is C19H19N5O3. The smallest absolute Gasteiger partial charge is 0.225 e. The monoisotopic (exact) mass is 365 g/mol. The van der Waals surface area contributed by atoms with Crippen LogP contribution in [-0.2, 0) is 22.7 Å². The van der Waals surface area contributed by atoms with Gasteiger partial charge >= 0.3 is 0 Å². The summed E-state index contributed by atoms with van der Waals surface area (Å²) in [6, 6.07) is 7.38. The molecule has 0 spiro atoms. The van der Waals surface area contributed by atoms with E-state index in [9.17, 15) is 9.59 Å². The molecule has 1 atom stereocenters. The molecule has 3 aromatic rings. The van der Waals surface area contributed by atoms with Crippen molar-refractivity contribution in [1.29, 1.82) is 0 Å². The Bertz CT molecular complexity index is 903. The van der Waals surface area contributed by atoms with Crippen molar-refractivity contribution in [3.63, 3.8) is 0 Å². The summed E-state index contributed by atoms with van der Waals surface area (Å²) < 4.78 is 7.08. The Balaban J connectivity index is 1.30. The predicted octanol–water partition coefficient (Wildman–Crippen LogP) is 1.53. The fraction of sp³-hybridized carbons (Fsp3) is 0.263. The lowest BCUT2D eigenvalue weighted by Gasteiger charge is -2.15. The zero-order valence-electron chi connectivity index (χ0n) is 14.6. The fourth-order valence-corrected chi connectivity index (χ4v) is 3.09. The molecular weight excluding hydrogens is 346 g/mol. The number of carbonyl (C=O) groups excluding carboxylic acids is 2. The van der Waals surface area contributed by atoms with Crippen LogP contribution in [0.3, 0.4) is 0 Å². The lowest BCUT2D eigenvalue weighted by Crippen LogP contribution is -2.32. The minimum absolute atomic E-state index is 0.0297. The van der Waals surface area contributed by atoms with Crippen LogP contribution in [0, 0.1) is 5.92 Å². The molecule has 1 N–H and O–H groups in total. The quantitative estimate of drug-likeness (QED) is 0.715. The lowest BCUT2D eigenvalue weighted by molar-refractivity contribution is -0.129. The van der Waals surface area contributed by atoms with Crippen LogP contribution < -0.4 is 5.32 Å². The average molecular weight is 365 g/mol. The van der Waals surface area contributed by atoms with E-state index in [1.807, 2.05) is 24.4 Å². The molecule has 1 aliphatic rings. The van der Waals surface area contributed by atoms with E-state index in [4.69, 9.17) is 4.42 Å². The molecule has 0 bridgehead atoms. The topological polar surface area (TPSA) is 93.3 Å². The average Bonchev–Trinajstić information content (AvgIpc) is 3.44. The number of likely N-dealkylation sites (tertiary alicyclic amines) is 1. The highest BCUT2D eigenvalue weighted by molar-refractivity contribution is 5.89. The third-order valence-electron chi connectivity index (χ3n) is 4.56. The van der Waals surface area contributed by atoms with Crippen molar-refractivity contribution in [2.24, 2.45) is 5.92 Å². The highest BCUT2D eigenvalue weighted by atomic mass is 16.3. The Morgan fingerprint density at radius 3 is 2.96 bits per heavy atom. The standard InChI is InChI=1S/C19H19N5O3/c25-18-8-15(11-24(18)12-16-2-1-7-27-16)19(26)22-10-14-3-4-17(21-9-14)23-6-5-20-13-23/h1-7,9,13,15H,8,10-12H2,(H,22,26). The molecule has 3 aromatic heterocycles. The molecule has 1 aliphatic heterocycles. The van der Waals surface area contributed by atoms with Crippen molar-refractivity contribution in [2.75, 3.05) is 6.54 Å². The first-order valence-corrected chi connectivity index (χ1v) is 8.70. The molecule has 0 aromatic carbocycles. The second-order valence-corrected chi connectivity index (χ2v) is 6.47. The molecule has 27 heavy (non-hydrogen) atoms. The van der Waals surface area contributed by atoms with Crippen LogP contribution in [0.15, 0.2) is 59.9 Å². The number of hydrogen-bond acceptors (Lipinski definition) is 5. The third-order valence-corrected chi connectivity index (χ3v) is 4.56. The van der Waals surface area contributed by atoms with Gasteiger partial charge in [0, 0.05) is 38.1 Å². The number of amides is 2. The number of hydrogen-bond donors (Lipinski definition) is 1. The Hall–Kier alpha value is -3.42. The van der Waals surface area contributed by atoms with Crippen molar-refractivity contribution in [2.45, 2.75) is 19.5 Å². The van der Waals surface area contributed by atoms with Crippen molar-refractivity contribution < 1.29 is 14.0 Å². The Morgan fingerprint density at radius 1 is 1.33 bits per heavy atom. The summed E-state index contributed by atoms with van der Waals surface area (Å²) in [4.78, 5) is 34.6. The van der Waals surface area contributed by atoms with E-state index >= 15 is 0 Å². The fourth-order valence-electron chi connectivity index (χ4n) is 3.09. The molecule has 4 rings (SSSR count). The Kier molecular flexibility index (Phi) is 4.69. The van der Waals surface area contributed by atoms with Gasteiger partial charge in [-0.3, -0.25) is 14.2 Å². The lowest BCUT2D eigenvalue weighted by atomic mass is 10.1. The van der Waals surface area contributed by atoms with Crippen LogP contribution in [0.4, 0.5) is 0 Å². The van der Waals surface area contributed by atoms with Crippen molar-refractivity contribution in [3.05, 3.63) is 66.8 Å². The number of imidazole rings is 1. The molecule has 4 heterocycles. The maximum atomic E-state index is 12.4. The maximum absolute atomic E-state index is 12.4. The van der Waals surface area contributed by atoms with E-state index < -0.39 is 0 Å². The van der Waals surface area contributed by atoms with Crippen LogP contribution in [0.5, 0.6) is 0 Å². The summed E-state index contributed by atoms with van der Waals surface area (Å²) >= 11 is 0. The summed E-state index contributed by atoms with van der Waals surface area (Å²) in [6.07, 6.45) is 8.70. The molecule has 8 nitrogen and oxygen atoms in total. The first-order chi connectivity index (χ1) is 13.2. The van der Waals surface area contributed by atoms with Gasteiger partial charge in [0.15, 0.2) is 0 Å². The Morgan fingerprint density at radius 2 is 2.26 bits per heavy atom. The minimum Gasteiger partial charge on any atom is -0.467 e. The summed E-state index contributed by atoms with van der Waals surface area (Å²) in [5.74, 6) is 0.985. The molecule has 1 fully saturated rings.